The summed E-state index contributed by atoms with van der Waals surface area (Å²) in [6.07, 6.45) is 0. The van der Waals surface area contributed by atoms with E-state index >= 15 is 0 Å². The van der Waals surface area contributed by atoms with Gasteiger partial charge in [0.15, 0.2) is 0 Å². The van der Waals surface area contributed by atoms with Crippen LogP contribution in [0.25, 0.3) is 0 Å². The van der Waals surface area contributed by atoms with Crippen molar-refractivity contribution in [1.82, 2.24) is 16.0 Å². The average molecular weight is 297 g/mol. The number of likely N-dealkylation sites (N-methyl/N-ethyl adjacent to an activating group) is 1. The molecular weight excluding hydrogens is 278 g/mol. The molecule has 0 aliphatic carbocycles. The highest BCUT2D eigenvalue weighted by atomic mass is 32.1. The Morgan fingerprint density at radius 2 is 1.80 bits per heavy atom. The van der Waals surface area contributed by atoms with Crippen molar-refractivity contribution in [3.63, 3.8) is 0 Å². The van der Waals surface area contributed by atoms with Gasteiger partial charge in [-0.1, -0.05) is 6.07 Å². The summed E-state index contributed by atoms with van der Waals surface area (Å²) < 4.78 is 0. The van der Waals surface area contributed by atoms with Crippen molar-refractivity contribution in [2.45, 2.75) is 32.9 Å². The zero-order valence-corrected chi connectivity index (χ0v) is 12.5. The van der Waals surface area contributed by atoms with Crippen molar-refractivity contribution in [3.8, 4) is 0 Å². The van der Waals surface area contributed by atoms with Crippen LogP contribution in [0.15, 0.2) is 17.5 Å². The number of hydrogen-bond acceptors (Lipinski definition) is 4. The normalized spacial score (nSPS) is 13.2. The molecule has 1 heterocycles. The molecule has 0 bridgehead atoms. The largest absolute Gasteiger partial charge is 0.355 e. The van der Waals surface area contributed by atoms with Crippen molar-refractivity contribution < 1.29 is 14.4 Å². The standard InChI is InChI=1S/C13H19N3O3S/c1-4-14-11(17)8(2)15-12(18)9(3)16-13(19)10-6-5-7-20-10/h5-9H,4H2,1-3H3,(H,14,17)(H,15,18)(H,16,19). The average Bonchev–Trinajstić information content (AvgIpc) is 2.92. The van der Waals surface area contributed by atoms with Gasteiger partial charge in [-0.15, -0.1) is 11.3 Å². The first kappa shape index (κ1) is 16.2. The summed E-state index contributed by atoms with van der Waals surface area (Å²) in [6, 6.07) is 2.11. The van der Waals surface area contributed by atoms with E-state index in [-0.39, 0.29) is 11.8 Å². The zero-order chi connectivity index (χ0) is 15.1. The Labute approximate surface area is 121 Å². The minimum Gasteiger partial charge on any atom is -0.355 e. The van der Waals surface area contributed by atoms with E-state index in [4.69, 9.17) is 0 Å². The van der Waals surface area contributed by atoms with Crippen molar-refractivity contribution in [3.05, 3.63) is 22.4 Å². The van der Waals surface area contributed by atoms with E-state index in [0.29, 0.717) is 11.4 Å². The van der Waals surface area contributed by atoms with Crippen LogP contribution in [0.1, 0.15) is 30.4 Å². The third-order valence-electron chi connectivity index (χ3n) is 2.59. The summed E-state index contributed by atoms with van der Waals surface area (Å²) in [5, 5.41) is 9.54. The first-order chi connectivity index (χ1) is 9.45. The number of thiophene rings is 1. The number of amides is 3. The molecule has 0 radical (unpaired) electrons. The molecule has 3 amide bonds. The molecule has 2 unspecified atom stereocenters. The topological polar surface area (TPSA) is 87.3 Å². The summed E-state index contributed by atoms with van der Waals surface area (Å²) in [6.45, 7) is 5.47. The van der Waals surface area contributed by atoms with Crippen LogP contribution in [0.2, 0.25) is 0 Å². The van der Waals surface area contributed by atoms with Gasteiger partial charge in [-0.2, -0.15) is 0 Å². The van der Waals surface area contributed by atoms with E-state index in [2.05, 4.69) is 16.0 Å². The third-order valence-corrected chi connectivity index (χ3v) is 3.46. The van der Waals surface area contributed by atoms with Crippen molar-refractivity contribution >= 4 is 29.1 Å². The Morgan fingerprint density at radius 3 is 2.35 bits per heavy atom. The highest BCUT2D eigenvalue weighted by Crippen LogP contribution is 2.08. The highest BCUT2D eigenvalue weighted by molar-refractivity contribution is 7.12. The van der Waals surface area contributed by atoms with Gasteiger partial charge in [0.2, 0.25) is 11.8 Å². The molecule has 1 aromatic rings. The lowest BCUT2D eigenvalue weighted by Gasteiger charge is -2.17. The molecule has 0 aliphatic rings. The van der Waals surface area contributed by atoms with Crippen LogP contribution in [0.4, 0.5) is 0 Å². The fourth-order valence-electron chi connectivity index (χ4n) is 1.47. The second-order valence-corrected chi connectivity index (χ2v) is 5.25. The molecule has 1 aromatic heterocycles. The molecule has 2 atom stereocenters. The van der Waals surface area contributed by atoms with Crippen molar-refractivity contribution in [2.24, 2.45) is 0 Å². The molecule has 1 rings (SSSR count). The predicted octanol–water partition coefficient (Wildman–Crippen LogP) is 0.507. The summed E-state index contributed by atoms with van der Waals surface area (Å²) in [4.78, 5) is 35.7. The molecule has 6 nitrogen and oxygen atoms in total. The van der Waals surface area contributed by atoms with Gasteiger partial charge >= 0.3 is 0 Å². The lowest BCUT2D eigenvalue weighted by molar-refractivity contribution is -0.129. The van der Waals surface area contributed by atoms with Gasteiger partial charge < -0.3 is 16.0 Å². The molecule has 110 valence electrons. The van der Waals surface area contributed by atoms with Crippen LogP contribution in [0.3, 0.4) is 0 Å². The van der Waals surface area contributed by atoms with Crippen LogP contribution in [0, 0.1) is 0 Å². The van der Waals surface area contributed by atoms with E-state index in [1.807, 2.05) is 0 Å². The van der Waals surface area contributed by atoms with Crippen LogP contribution in [-0.4, -0.2) is 36.3 Å². The first-order valence-electron chi connectivity index (χ1n) is 6.38. The molecule has 0 aliphatic heterocycles. The summed E-state index contributed by atoms with van der Waals surface area (Å²) in [7, 11) is 0. The Balaban J connectivity index is 2.47. The van der Waals surface area contributed by atoms with Gasteiger partial charge in [0.1, 0.15) is 12.1 Å². The molecule has 7 heteroatoms. The predicted molar refractivity (Wildman–Crippen MR) is 77.5 cm³/mol. The second-order valence-electron chi connectivity index (χ2n) is 4.30. The maximum atomic E-state index is 11.9. The maximum absolute atomic E-state index is 11.9. The minimum atomic E-state index is -0.707. The third kappa shape index (κ3) is 4.65. The van der Waals surface area contributed by atoms with E-state index < -0.39 is 18.0 Å². The Kier molecular flexibility index (Phi) is 6.17. The molecule has 0 spiro atoms. The molecular formula is C13H19N3O3S. The fourth-order valence-corrected chi connectivity index (χ4v) is 2.10. The number of rotatable bonds is 6. The van der Waals surface area contributed by atoms with Gasteiger partial charge in [-0.05, 0) is 32.2 Å². The lowest BCUT2D eigenvalue weighted by Crippen LogP contribution is -2.51. The smallest absolute Gasteiger partial charge is 0.261 e. The zero-order valence-electron chi connectivity index (χ0n) is 11.7. The molecule has 0 saturated carbocycles. The summed E-state index contributed by atoms with van der Waals surface area (Å²) in [5.41, 5.74) is 0. The Bertz CT molecular complexity index is 473. The van der Waals surface area contributed by atoms with Gasteiger partial charge in [0, 0.05) is 6.54 Å². The number of nitrogens with one attached hydrogen (secondary N) is 3. The van der Waals surface area contributed by atoms with E-state index in [1.54, 1.807) is 38.3 Å². The SMILES string of the molecule is CCNC(=O)C(C)NC(=O)C(C)NC(=O)c1cccs1. The molecule has 20 heavy (non-hydrogen) atoms. The van der Waals surface area contributed by atoms with Gasteiger partial charge in [-0.25, -0.2) is 0 Å². The van der Waals surface area contributed by atoms with E-state index in [0.717, 1.165) is 0 Å². The van der Waals surface area contributed by atoms with Crippen molar-refractivity contribution in [1.29, 1.82) is 0 Å². The number of carbonyl (C=O) groups excluding carboxylic acids is 3. The summed E-state index contributed by atoms with van der Waals surface area (Å²) >= 11 is 1.30. The van der Waals surface area contributed by atoms with Gasteiger partial charge in [0.25, 0.3) is 5.91 Å². The van der Waals surface area contributed by atoms with Gasteiger partial charge in [0.05, 0.1) is 4.88 Å². The van der Waals surface area contributed by atoms with Crippen LogP contribution in [0.5, 0.6) is 0 Å². The Morgan fingerprint density at radius 1 is 1.15 bits per heavy atom. The summed E-state index contributed by atoms with van der Waals surface area (Å²) in [5.74, 6) is -0.945. The quantitative estimate of drug-likeness (QED) is 0.715. The second kappa shape index (κ2) is 7.64. The van der Waals surface area contributed by atoms with Crippen LogP contribution in [-0.2, 0) is 9.59 Å². The molecule has 0 aromatic carbocycles. The van der Waals surface area contributed by atoms with Crippen LogP contribution < -0.4 is 16.0 Å². The lowest BCUT2D eigenvalue weighted by atomic mass is 10.2. The minimum absolute atomic E-state index is 0.252. The Hall–Kier alpha value is -1.89. The highest BCUT2D eigenvalue weighted by Gasteiger charge is 2.21. The molecule has 0 fully saturated rings. The molecule has 0 saturated heterocycles. The van der Waals surface area contributed by atoms with E-state index in [9.17, 15) is 14.4 Å². The monoisotopic (exact) mass is 297 g/mol. The molecule has 3 N–H and O–H groups in total. The van der Waals surface area contributed by atoms with Gasteiger partial charge in [-0.3, -0.25) is 14.4 Å². The van der Waals surface area contributed by atoms with Crippen molar-refractivity contribution in [2.75, 3.05) is 6.54 Å². The number of hydrogen-bond donors (Lipinski definition) is 3. The van der Waals surface area contributed by atoms with Crippen LogP contribution >= 0.6 is 11.3 Å². The van der Waals surface area contributed by atoms with E-state index in [1.165, 1.54) is 11.3 Å². The maximum Gasteiger partial charge on any atom is 0.261 e. The first-order valence-corrected chi connectivity index (χ1v) is 7.26. The number of carbonyl (C=O) groups is 3. The fraction of sp³-hybridized carbons (Fsp3) is 0.462.